The zero-order chi connectivity index (χ0) is 14.8. The lowest BCUT2D eigenvalue weighted by molar-refractivity contribution is 0.578. The predicted octanol–water partition coefficient (Wildman–Crippen LogP) is 3.69. The van der Waals surface area contributed by atoms with Gasteiger partial charge in [-0.15, -0.1) is 0 Å². The molecule has 0 unspecified atom stereocenters. The van der Waals surface area contributed by atoms with Gasteiger partial charge in [-0.2, -0.15) is 0 Å². The summed E-state index contributed by atoms with van der Waals surface area (Å²) in [6.45, 7) is 1.23. The molecule has 21 heavy (non-hydrogen) atoms. The number of hydrogen-bond acceptors (Lipinski definition) is 1. The van der Waals surface area contributed by atoms with Gasteiger partial charge in [-0.05, 0) is 42.4 Å². The Morgan fingerprint density at radius 3 is 2.52 bits per heavy atom. The van der Waals surface area contributed by atoms with Crippen molar-refractivity contribution < 1.29 is 8.78 Å². The molecular weight excluding hydrogens is 270 g/mol. The van der Waals surface area contributed by atoms with Crippen molar-refractivity contribution in [3.63, 3.8) is 0 Å². The number of aromatic nitrogens is 1. The largest absolute Gasteiger partial charge is 0.343 e. The summed E-state index contributed by atoms with van der Waals surface area (Å²) in [7, 11) is 1.91. The highest BCUT2D eigenvalue weighted by molar-refractivity contribution is 5.83. The molecule has 0 atom stereocenters. The van der Waals surface area contributed by atoms with Gasteiger partial charge in [-0.3, -0.25) is 0 Å². The smallest absolute Gasteiger partial charge is 0.126 e. The van der Waals surface area contributed by atoms with E-state index in [2.05, 4.69) is 11.4 Å². The van der Waals surface area contributed by atoms with Gasteiger partial charge >= 0.3 is 0 Å². The lowest BCUT2D eigenvalue weighted by atomic mass is 10.1. The molecule has 0 fully saturated rings. The maximum absolute atomic E-state index is 13.3. The van der Waals surface area contributed by atoms with Crippen molar-refractivity contribution in [2.24, 2.45) is 0 Å². The van der Waals surface area contributed by atoms with Gasteiger partial charge in [-0.1, -0.05) is 12.1 Å². The Hall–Kier alpha value is -2.20. The fourth-order valence-electron chi connectivity index (χ4n) is 2.67. The van der Waals surface area contributed by atoms with E-state index in [-0.39, 0.29) is 0 Å². The maximum atomic E-state index is 13.3. The third-order valence-electron chi connectivity index (χ3n) is 3.55. The molecule has 0 spiro atoms. The molecule has 4 heteroatoms. The van der Waals surface area contributed by atoms with Gasteiger partial charge in [0.25, 0.3) is 0 Å². The van der Waals surface area contributed by atoms with Gasteiger partial charge in [0.15, 0.2) is 0 Å². The van der Waals surface area contributed by atoms with E-state index in [1.807, 2.05) is 36.0 Å². The Morgan fingerprint density at radius 2 is 1.81 bits per heavy atom. The van der Waals surface area contributed by atoms with E-state index >= 15 is 0 Å². The van der Waals surface area contributed by atoms with E-state index in [1.54, 1.807) is 0 Å². The highest BCUT2D eigenvalue weighted by Crippen LogP contribution is 2.21. The van der Waals surface area contributed by atoms with Crippen LogP contribution in [0.15, 0.2) is 48.7 Å². The summed E-state index contributed by atoms with van der Waals surface area (Å²) < 4.78 is 28.6. The van der Waals surface area contributed by atoms with Gasteiger partial charge in [0.2, 0.25) is 0 Å². The fourth-order valence-corrected chi connectivity index (χ4v) is 2.67. The van der Waals surface area contributed by atoms with Crippen LogP contribution in [0.1, 0.15) is 11.1 Å². The van der Waals surface area contributed by atoms with Crippen LogP contribution in [-0.4, -0.2) is 11.6 Å². The molecule has 0 amide bonds. The number of fused-ring (bicyclic) bond motifs is 1. The minimum Gasteiger partial charge on any atom is -0.343 e. The van der Waals surface area contributed by atoms with Crippen LogP contribution in [0.2, 0.25) is 0 Å². The van der Waals surface area contributed by atoms with Crippen molar-refractivity contribution in [3.8, 4) is 0 Å². The molecule has 0 aliphatic carbocycles. The second kappa shape index (κ2) is 5.66. The number of rotatable bonds is 4. The number of hydrogen-bond donors (Lipinski definition) is 1. The number of halogens is 2. The van der Waals surface area contributed by atoms with E-state index in [4.69, 9.17) is 0 Å². The Balaban J connectivity index is 1.99. The molecule has 2 nitrogen and oxygen atoms in total. The number of nitrogens with zero attached hydrogens (tertiary/aromatic N) is 1. The molecule has 3 aromatic rings. The molecule has 1 aromatic heterocycles. The third kappa shape index (κ3) is 2.81. The van der Waals surface area contributed by atoms with Gasteiger partial charge in [0, 0.05) is 36.3 Å². The van der Waals surface area contributed by atoms with E-state index in [9.17, 15) is 8.78 Å². The summed E-state index contributed by atoms with van der Waals surface area (Å²) in [5, 5.41) is 4.30. The lowest BCUT2D eigenvalue weighted by Crippen LogP contribution is -2.05. The monoisotopic (exact) mass is 286 g/mol. The predicted molar refractivity (Wildman–Crippen MR) is 80.2 cm³/mol. The molecule has 0 aliphatic heterocycles. The second-order valence-corrected chi connectivity index (χ2v) is 5.10. The molecule has 2 aromatic carbocycles. The van der Waals surface area contributed by atoms with Crippen LogP contribution in [0.4, 0.5) is 8.78 Å². The zero-order valence-corrected chi connectivity index (χ0v) is 11.7. The molecule has 0 saturated carbocycles. The molecule has 3 rings (SSSR count). The molecule has 1 heterocycles. The van der Waals surface area contributed by atoms with Crippen molar-refractivity contribution >= 4 is 10.9 Å². The minimum atomic E-state index is -0.544. The molecule has 0 bridgehead atoms. The Morgan fingerprint density at radius 1 is 1.05 bits per heavy atom. The van der Waals surface area contributed by atoms with Gasteiger partial charge in [-0.25, -0.2) is 8.78 Å². The van der Waals surface area contributed by atoms with Crippen molar-refractivity contribution in [1.29, 1.82) is 0 Å². The third-order valence-corrected chi connectivity index (χ3v) is 3.55. The SMILES string of the molecule is CNCc1cccc2c1ccn2Cc1cc(F)cc(F)c1. The summed E-state index contributed by atoms with van der Waals surface area (Å²) in [5.41, 5.74) is 2.88. The van der Waals surface area contributed by atoms with E-state index in [0.29, 0.717) is 12.1 Å². The number of nitrogens with one attached hydrogen (secondary N) is 1. The normalized spacial score (nSPS) is 11.2. The second-order valence-electron chi connectivity index (χ2n) is 5.10. The van der Waals surface area contributed by atoms with Crippen LogP contribution in [0.5, 0.6) is 0 Å². The molecule has 0 saturated heterocycles. The lowest BCUT2D eigenvalue weighted by Gasteiger charge is -2.08. The quantitative estimate of drug-likeness (QED) is 0.774. The van der Waals surface area contributed by atoms with Gasteiger partial charge in [0.05, 0.1) is 0 Å². The Labute approximate surface area is 122 Å². The Kier molecular flexibility index (Phi) is 3.71. The first-order valence-corrected chi connectivity index (χ1v) is 6.83. The Bertz CT molecular complexity index is 757. The van der Waals surface area contributed by atoms with E-state index in [1.165, 1.54) is 17.7 Å². The maximum Gasteiger partial charge on any atom is 0.126 e. The summed E-state index contributed by atoms with van der Waals surface area (Å²) in [5.74, 6) is -1.09. The average molecular weight is 286 g/mol. The summed E-state index contributed by atoms with van der Waals surface area (Å²) >= 11 is 0. The van der Waals surface area contributed by atoms with Crippen LogP contribution < -0.4 is 5.32 Å². The van der Waals surface area contributed by atoms with Crippen molar-refractivity contribution in [1.82, 2.24) is 9.88 Å². The topological polar surface area (TPSA) is 17.0 Å². The molecular formula is C17H16F2N2. The van der Waals surface area contributed by atoms with Crippen LogP contribution in [-0.2, 0) is 13.1 Å². The number of benzene rings is 2. The first kappa shape index (κ1) is 13.8. The first-order valence-electron chi connectivity index (χ1n) is 6.83. The first-order chi connectivity index (χ1) is 10.2. The van der Waals surface area contributed by atoms with Crippen LogP contribution >= 0.6 is 0 Å². The van der Waals surface area contributed by atoms with E-state index < -0.39 is 11.6 Å². The highest BCUT2D eigenvalue weighted by atomic mass is 19.1. The minimum absolute atomic E-state index is 0.446. The molecule has 1 N–H and O–H groups in total. The van der Waals surface area contributed by atoms with Gasteiger partial charge < -0.3 is 9.88 Å². The average Bonchev–Trinajstić information content (AvgIpc) is 2.82. The summed E-state index contributed by atoms with van der Waals surface area (Å²) in [4.78, 5) is 0. The molecule has 0 aliphatic rings. The summed E-state index contributed by atoms with van der Waals surface area (Å²) in [6.07, 6.45) is 1.95. The molecule has 108 valence electrons. The standard InChI is InChI=1S/C17H16F2N2/c1-20-10-13-3-2-4-17-16(13)5-6-21(17)11-12-7-14(18)9-15(19)8-12/h2-9,20H,10-11H2,1H3. The molecule has 0 radical (unpaired) electrons. The van der Waals surface area contributed by atoms with Crippen molar-refractivity contribution in [2.75, 3.05) is 7.05 Å². The van der Waals surface area contributed by atoms with Gasteiger partial charge in [0.1, 0.15) is 11.6 Å². The van der Waals surface area contributed by atoms with Crippen molar-refractivity contribution in [2.45, 2.75) is 13.1 Å². The van der Waals surface area contributed by atoms with Crippen LogP contribution in [0.25, 0.3) is 10.9 Å². The van der Waals surface area contributed by atoms with Crippen molar-refractivity contribution in [3.05, 3.63) is 71.4 Å². The summed E-state index contributed by atoms with van der Waals surface area (Å²) in [6, 6.07) is 11.8. The van der Waals surface area contributed by atoms with E-state index in [0.717, 1.165) is 23.5 Å². The zero-order valence-electron chi connectivity index (χ0n) is 11.7. The highest BCUT2D eigenvalue weighted by Gasteiger charge is 2.07. The van der Waals surface area contributed by atoms with Crippen LogP contribution in [0, 0.1) is 11.6 Å². The van der Waals surface area contributed by atoms with Crippen LogP contribution in [0.3, 0.4) is 0 Å². The fraction of sp³-hybridized carbons (Fsp3) is 0.176.